The van der Waals surface area contributed by atoms with Gasteiger partial charge in [-0.05, 0) is 35.6 Å². The summed E-state index contributed by atoms with van der Waals surface area (Å²) in [7, 11) is 0. The van der Waals surface area contributed by atoms with E-state index in [0.717, 1.165) is 17.5 Å². The second kappa shape index (κ2) is 7.95. The van der Waals surface area contributed by atoms with Gasteiger partial charge >= 0.3 is 0 Å². The first-order chi connectivity index (χ1) is 12.5. The van der Waals surface area contributed by atoms with Gasteiger partial charge in [-0.15, -0.1) is 10.2 Å². The number of carbonyl (C=O) groups excluding carboxylic acids is 1. The molecule has 1 heterocycles. The molecule has 1 aromatic heterocycles. The zero-order chi connectivity index (χ0) is 18.5. The van der Waals surface area contributed by atoms with Gasteiger partial charge in [0.15, 0.2) is 0 Å². The number of aryl methyl sites for hydroxylation is 1. The summed E-state index contributed by atoms with van der Waals surface area (Å²) in [6, 6.07) is 17.4. The Morgan fingerprint density at radius 1 is 1.00 bits per heavy atom. The van der Waals surface area contributed by atoms with Crippen molar-refractivity contribution in [3.63, 3.8) is 0 Å². The van der Waals surface area contributed by atoms with Crippen molar-refractivity contribution in [2.24, 2.45) is 5.92 Å². The molecule has 0 bridgehead atoms. The van der Waals surface area contributed by atoms with Crippen LogP contribution in [0.2, 0.25) is 0 Å². The van der Waals surface area contributed by atoms with Gasteiger partial charge in [0.1, 0.15) is 6.04 Å². The van der Waals surface area contributed by atoms with Crippen LogP contribution in [0.15, 0.2) is 59.0 Å². The van der Waals surface area contributed by atoms with E-state index in [-0.39, 0.29) is 11.9 Å². The van der Waals surface area contributed by atoms with Crippen molar-refractivity contribution in [3.05, 3.63) is 71.9 Å². The normalized spacial score (nSPS) is 12.2. The fraction of sp³-hybridized carbons (Fsp3) is 0.286. The Balaban J connectivity index is 1.75. The van der Waals surface area contributed by atoms with E-state index >= 15 is 0 Å². The Morgan fingerprint density at radius 2 is 1.65 bits per heavy atom. The number of carbonyl (C=O) groups is 1. The van der Waals surface area contributed by atoms with Gasteiger partial charge in [-0.25, -0.2) is 0 Å². The maximum atomic E-state index is 12.7. The van der Waals surface area contributed by atoms with Gasteiger partial charge in [0.05, 0.1) is 0 Å². The van der Waals surface area contributed by atoms with Gasteiger partial charge in [0, 0.05) is 12.5 Å². The van der Waals surface area contributed by atoms with Crippen LogP contribution < -0.4 is 5.32 Å². The largest absolute Gasteiger partial charge is 0.423 e. The van der Waals surface area contributed by atoms with Gasteiger partial charge in [-0.3, -0.25) is 4.79 Å². The smallest absolute Gasteiger partial charge is 0.251 e. The predicted octanol–water partition coefficient (Wildman–Crippen LogP) is 4.56. The summed E-state index contributed by atoms with van der Waals surface area (Å²) in [4.78, 5) is 12.7. The average molecular weight is 349 g/mol. The summed E-state index contributed by atoms with van der Waals surface area (Å²) in [5.41, 5.74) is 2.81. The highest BCUT2D eigenvalue weighted by Gasteiger charge is 2.22. The van der Waals surface area contributed by atoms with Crippen molar-refractivity contribution in [3.8, 4) is 11.1 Å². The van der Waals surface area contributed by atoms with Gasteiger partial charge in [-0.1, -0.05) is 56.3 Å². The average Bonchev–Trinajstić information content (AvgIpc) is 3.08. The van der Waals surface area contributed by atoms with Gasteiger partial charge in [0.25, 0.3) is 5.91 Å². The van der Waals surface area contributed by atoms with E-state index < -0.39 is 0 Å². The molecule has 0 fully saturated rings. The zero-order valence-electron chi connectivity index (χ0n) is 15.3. The first-order valence-corrected chi connectivity index (χ1v) is 8.79. The molecule has 0 saturated carbocycles. The highest BCUT2D eigenvalue weighted by Crippen LogP contribution is 2.22. The molecule has 1 N–H and O–H groups in total. The van der Waals surface area contributed by atoms with Crippen molar-refractivity contribution in [1.82, 2.24) is 15.5 Å². The zero-order valence-corrected chi connectivity index (χ0v) is 15.3. The predicted molar refractivity (Wildman–Crippen MR) is 101 cm³/mol. The molecule has 0 aliphatic carbocycles. The minimum Gasteiger partial charge on any atom is -0.423 e. The van der Waals surface area contributed by atoms with Crippen molar-refractivity contribution in [2.45, 2.75) is 33.2 Å². The van der Waals surface area contributed by atoms with E-state index in [1.54, 1.807) is 6.92 Å². The second-order valence-corrected chi connectivity index (χ2v) is 6.76. The maximum Gasteiger partial charge on any atom is 0.251 e. The molecule has 1 amide bonds. The van der Waals surface area contributed by atoms with Crippen LogP contribution in [-0.4, -0.2) is 16.1 Å². The number of hydrogen-bond acceptors (Lipinski definition) is 4. The summed E-state index contributed by atoms with van der Waals surface area (Å²) < 4.78 is 5.52. The Bertz CT molecular complexity index is 854. The molecule has 0 saturated heterocycles. The second-order valence-electron chi connectivity index (χ2n) is 6.76. The number of aromatic nitrogens is 2. The van der Waals surface area contributed by atoms with Crippen molar-refractivity contribution in [2.75, 3.05) is 0 Å². The van der Waals surface area contributed by atoms with E-state index in [1.165, 1.54) is 0 Å². The SMILES string of the molecule is Cc1nnc(C(CC(C)C)NC(=O)c2ccc(-c3ccccc3)cc2)o1. The number of nitrogens with zero attached hydrogens (tertiary/aromatic N) is 2. The van der Waals surface area contributed by atoms with Crippen molar-refractivity contribution >= 4 is 5.91 Å². The molecule has 26 heavy (non-hydrogen) atoms. The summed E-state index contributed by atoms with van der Waals surface area (Å²) >= 11 is 0. The van der Waals surface area contributed by atoms with Gasteiger partial charge < -0.3 is 9.73 Å². The molecule has 0 radical (unpaired) electrons. The van der Waals surface area contributed by atoms with E-state index in [1.807, 2.05) is 54.6 Å². The molecular weight excluding hydrogens is 326 g/mol. The van der Waals surface area contributed by atoms with E-state index in [2.05, 4.69) is 29.4 Å². The van der Waals surface area contributed by atoms with Crippen molar-refractivity contribution < 1.29 is 9.21 Å². The summed E-state index contributed by atoms with van der Waals surface area (Å²) in [5, 5.41) is 11.0. The van der Waals surface area contributed by atoms with Crippen LogP contribution >= 0.6 is 0 Å². The molecule has 3 aromatic rings. The van der Waals surface area contributed by atoms with Crippen LogP contribution in [0, 0.1) is 12.8 Å². The van der Waals surface area contributed by atoms with Gasteiger partial charge in [0.2, 0.25) is 11.8 Å². The lowest BCUT2D eigenvalue weighted by Gasteiger charge is -2.17. The van der Waals surface area contributed by atoms with Crippen LogP contribution in [0.4, 0.5) is 0 Å². The van der Waals surface area contributed by atoms with E-state index in [9.17, 15) is 4.79 Å². The Hall–Kier alpha value is -2.95. The third kappa shape index (κ3) is 4.36. The monoisotopic (exact) mass is 349 g/mol. The lowest BCUT2D eigenvalue weighted by molar-refractivity contribution is 0.0924. The molecular formula is C21H23N3O2. The third-order valence-electron chi connectivity index (χ3n) is 4.11. The number of nitrogens with one attached hydrogen (secondary N) is 1. The lowest BCUT2D eigenvalue weighted by atomic mass is 10.0. The Labute approximate surface area is 153 Å². The number of hydrogen-bond donors (Lipinski definition) is 1. The van der Waals surface area contributed by atoms with Crippen LogP contribution in [0.1, 0.15) is 48.4 Å². The maximum absolute atomic E-state index is 12.7. The fourth-order valence-corrected chi connectivity index (χ4v) is 2.83. The van der Waals surface area contributed by atoms with Gasteiger partial charge in [-0.2, -0.15) is 0 Å². The Kier molecular flexibility index (Phi) is 5.46. The fourth-order valence-electron chi connectivity index (χ4n) is 2.83. The molecule has 134 valence electrons. The minimum absolute atomic E-state index is 0.147. The van der Waals surface area contributed by atoms with Crippen LogP contribution in [-0.2, 0) is 0 Å². The molecule has 0 aliphatic heterocycles. The molecule has 1 unspecified atom stereocenters. The quantitative estimate of drug-likeness (QED) is 0.708. The molecule has 5 heteroatoms. The van der Waals surface area contributed by atoms with Crippen LogP contribution in [0.5, 0.6) is 0 Å². The third-order valence-corrected chi connectivity index (χ3v) is 4.11. The molecule has 1 atom stereocenters. The van der Waals surface area contributed by atoms with E-state index in [4.69, 9.17) is 4.42 Å². The molecule has 3 rings (SSSR count). The molecule has 2 aromatic carbocycles. The first kappa shape index (κ1) is 17.9. The number of rotatable bonds is 6. The molecule has 5 nitrogen and oxygen atoms in total. The van der Waals surface area contributed by atoms with E-state index in [0.29, 0.717) is 23.3 Å². The summed E-state index contributed by atoms with van der Waals surface area (Å²) in [5.74, 6) is 1.18. The van der Waals surface area contributed by atoms with Crippen LogP contribution in [0.25, 0.3) is 11.1 Å². The number of amides is 1. The summed E-state index contributed by atoms with van der Waals surface area (Å²) in [6.07, 6.45) is 0.732. The number of benzene rings is 2. The van der Waals surface area contributed by atoms with Crippen molar-refractivity contribution in [1.29, 1.82) is 0 Å². The molecule has 0 aliphatic rings. The van der Waals surface area contributed by atoms with Crippen LogP contribution in [0.3, 0.4) is 0 Å². The first-order valence-electron chi connectivity index (χ1n) is 8.79. The summed E-state index contributed by atoms with van der Waals surface area (Å²) in [6.45, 7) is 5.93. The molecule has 0 spiro atoms. The highest BCUT2D eigenvalue weighted by molar-refractivity contribution is 5.94. The Morgan fingerprint density at radius 3 is 2.23 bits per heavy atom. The minimum atomic E-state index is -0.294. The standard InChI is InChI=1S/C21H23N3O2/c1-14(2)13-19(21-24-23-15(3)26-21)22-20(25)18-11-9-17(10-12-18)16-7-5-4-6-8-16/h4-12,14,19H,13H2,1-3H3,(H,22,25). The topological polar surface area (TPSA) is 68.0 Å². The lowest BCUT2D eigenvalue weighted by Crippen LogP contribution is -2.29. The highest BCUT2D eigenvalue weighted by atomic mass is 16.4.